The first kappa shape index (κ1) is 19.9. The second-order valence-electron chi connectivity index (χ2n) is 5.49. The predicted molar refractivity (Wildman–Crippen MR) is 94.4 cm³/mol. The van der Waals surface area contributed by atoms with Gasteiger partial charge in [-0.15, -0.1) is 0 Å². The molecule has 2 aromatic rings. The number of carbonyl (C=O) groups excluding carboxylic acids is 1. The molecular formula is C18H18ClF3N2O2. The van der Waals surface area contributed by atoms with E-state index in [1.807, 2.05) is 12.1 Å². The van der Waals surface area contributed by atoms with Gasteiger partial charge in [0.25, 0.3) is 0 Å². The van der Waals surface area contributed by atoms with Crippen molar-refractivity contribution in [1.29, 1.82) is 0 Å². The molecule has 0 aliphatic carbocycles. The van der Waals surface area contributed by atoms with Gasteiger partial charge in [0, 0.05) is 25.2 Å². The van der Waals surface area contributed by atoms with E-state index in [-0.39, 0.29) is 29.6 Å². The number of ether oxygens (including phenoxy) is 1. The number of nitrogens with one attached hydrogen (secondary N) is 2. The van der Waals surface area contributed by atoms with Gasteiger partial charge in [0.1, 0.15) is 5.75 Å². The summed E-state index contributed by atoms with van der Waals surface area (Å²) in [5, 5.41) is 5.18. The van der Waals surface area contributed by atoms with E-state index >= 15 is 0 Å². The highest BCUT2D eigenvalue weighted by Gasteiger charge is 2.33. The van der Waals surface area contributed by atoms with Crippen LogP contribution in [0.2, 0.25) is 5.02 Å². The highest BCUT2D eigenvalue weighted by atomic mass is 35.5. The number of anilines is 1. The fourth-order valence-corrected chi connectivity index (χ4v) is 2.43. The molecule has 140 valence electrons. The Balaban J connectivity index is 1.79. The van der Waals surface area contributed by atoms with Crippen molar-refractivity contribution in [2.45, 2.75) is 19.1 Å². The molecule has 0 radical (unpaired) electrons. The standard InChI is InChI=1S/C18H18ClF3N2O2/c1-26-14-5-2-12(3-6-14)11-24-17(25)8-9-23-13-4-7-16(19)15(10-13)18(20,21)22/h2-7,10,23H,8-9,11H2,1H3,(H,24,25). The summed E-state index contributed by atoms with van der Waals surface area (Å²) in [5.41, 5.74) is 0.262. The molecule has 2 aromatic carbocycles. The summed E-state index contributed by atoms with van der Waals surface area (Å²) in [6, 6.07) is 10.8. The number of methoxy groups -OCH3 is 1. The molecule has 0 aliphatic heterocycles. The van der Waals surface area contributed by atoms with Crippen LogP contribution in [0.1, 0.15) is 17.5 Å². The first-order chi connectivity index (χ1) is 12.3. The normalized spacial score (nSPS) is 11.1. The Labute approximate surface area is 154 Å². The zero-order valence-corrected chi connectivity index (χ0v) is 14.7. The topological polar surface area (TPSA) is 50.4 Å². The van der Waals surface area contributed by atoms with Crippen LogP contribution in [0.5, 0.6) is 5.75 Å². The maximum absolute atomic E-state index is 12.8. The van der Waals surface area contributed by atoms with Crippen LogP contribution in [0, 0.1) is 0 Å². The van der Waals surface area contributed by atoms with Crippen LogP contribution < -0.4 is 15.4 Å². The lowest BCUT2D eigenvalue weighted by Crippen LogP contribution is -2.24. The lowest BCUT2D eigenvalue weighted by atomic mass is 10.2. The van der Waals surface area contributed by atoms with Crippen molar-refractivity contribution < 1.29 is 22.7 Å². The van der Waals surface area contributed by atoms with Crippen molar-refractivity contribution in [3.63, 3.8) is 0 Å². The lowest BCUT2D eigenvalue weighted by molar-refractivity contribution is -0.137. The SMILES string of the molecule is COc1ccc(CNC(=O)CCNc2ccc(Cl)c(C(F)(F)F)c2)cc1. The van der Waals surface area contributed by atoms with Gasteiger partial charge in [-0.3, -0.25) is 4.79 Å². The van der Waals surface area contributed by atoms with Crippen LogP contribution in [0.15, 0.2) is 42.5 Å². The predicted octanol–water partition coefficient (Wildman–Crippen LogP) is 4.49. The van der Waals surface area contributed by atoms with Crippen LogP contribution in [-0.2, 0) is 17.5 Å². The second-order valence-corrected chi connectivity index (χ2v) is 5.90. The molecule has 0 atom stereocenters. The van der Waals surface area contributed by atoms with Gasteiger partial charge in [-0.25, -0.2) is 0 Å². The maximum Gasteiger partial charge on any atom is 0.417 e. The minimum Gasteiger partial charge on any atom is -0.497 e. The molecule has 4 nitrogen and oxygen atoms in total. The van der Waals surface area contributed by atoms with Gasteiger partial charge in [-0.1, -0.05) is 23.7 Å². The van der Waals surface area contributed by atoms with Crippen molar-refractivity contribution in [1.82, 2.24) is 5.32 Å². The van der Waals surface area contributed by atoms with E-state index in [0.29, 0.717) is 6.54 Å². The van der Waals surface area contributed by atoms with Crippen molar-refractivity contribution in [3.8, 4) is 5.75 Å². The summed E-state index contributed by atoms with van der Waals surface area (Å²) in [4.78, 5) is 11.8. The molecule has 2 rings (SSSR count). The average molecular weight is 387 g/mol. The Morgan fingerprint density at radius 2 is 1.85 bits per heavy atom. The Kier molecular flexibility index (Phi) is 6.74. The third-order valence-electron chi connectivity index (χ3n) is 3.60. The van der Waals surface area contributed by atoms with Gasteiger partial charge in [0.15, 0.2) is 0 Å². The number of alkyl halides is 3. The monoisotopic (exact) mass is 386 g/mol. The van der Waals surface area contributed by atoms with Crippen molar-refractivity contribution in [3.05, 3.63) is 58.6 Å². The van der Waals surface area contributed by atoms with Gasteiger partial charge in [0.05, 0.1) is 17.7 Å². The first-order valence-corrected chi connectivity index (χ1v) is 8.17. The Hall–Kier alpha value is -2.41. The molecule has 1 amide bonds. The highest BCUT2D eigenvalue weighted by Crippen LogP contribution is 2.36. The Morgan fingerprint density at radius 3 is 2.46 bits per heavy atom. The zero-order valence-electron chi connectivity index (χ0n) is 14.0. The fraction of sp³-hybridized carbons (Fsp3) is 0.278. The fourth-order valence-electron chi connectivity index (χ4n) is 2.21. The third-order valence-corrected chi connectivity index (χ3v) is 3.93. The summed E-state index contributed by atoms with van der Waals surface area (Å²) in [6.45, 7) is 0.565. The molecule has 0 aliphatic rings. The molecule has 2 N–H and O–H groups in total. The molecule has 0 fully saturated rings. The highest BCUT2D eigenvalue weighted by molar-refractivity contribution is 6.31. The number of hydrogen-bond acceptors (Lipinski definition) is 3. The summed E-state index contributed by atoms with van der Waals surface area (Å²) < 4.78 is 43.5. The van der Waals surface area contributed by atoms with E-state index in [1.54, 1.807) is 19.2 Å². The zero-order chi connectivity index (χ0) is 19.2. The minimum absolute atomic E-state index is 0.125. The molecule has 8 heteroatoms. The largest absolute Gasteiger partial charge is 0.497 e. The Morgan fingerprint density at radius 1 is 1.15 bits per heavy atom. The minimum atomic E-state index is -4.52. The van der Waals surface area contributed by atoms with Gasteiger partial charge in [-0.05, 0) is 35.9 Å². The molecule has 0 saturated heterocycles. The number of benzene rings is 2. The van der Waals surface area contributed by atoms with Gasteiger partial charge >= 0.3 is 6.18 Å². The Bertz CT molecular complexity index is 749. The van der Waals surface area contributed by atoms with E-state index in [9.17, 15) is 18.0 Å². The molecule has 0 unspecified atom stereocenters. The third kappa shape index (κ3) is 5.84. The molecule has 0 saturated carbocycles. The maximum atomic E-state index is 12.8. The van der Waals surface area contributed by atoms with Crippen molar-refractivity contribution in [2.24, 2.45) is 0 Å². The number of hydrogen-bond donors (Lipinski definition) is 2. The average Bonchev–Trinajstić information content (AvgIpc) is 2.61. The lowest BCUT2D eigenvalue weighted by Gasteiger charge is -2.12. The molecule has 0 bridgehead atoms. The van der Waals surface area contributed by atoms with Crippen molar-refractivity contribution >= 4 is 23.2 Å². The smallest absolute Gasteiger partial charge is 0.417 e. The van der Waals surface area contributed by atoms with E-state index < -0.39 is 11.7 Å². The molecule has 0 spiro atoms. The summed E-state index contributed by atoms with van der Waals surface area (Å²) in [5.74, 6) is 0.517. The summed E-state index contributed by atoms with van der Waals surface area (Å²) in [6.07, 6.45) is -4.40. The first-order valence-electron chi connectivity index (χ1n) is 7.80. The van der Waals surface area contributed by atoms with Crippen LogP contribution >= 0.6 is 11.6 Å². The van der Waals surface area contributed by atoms with Gasteiger partial charge < -0.3 is 15.4 Å². The molecule has 26 heavy (non-hydrogen) atoms. The van der Waals surface area contributed by atoms with Crippen LogP contribution in [0.25, 0.3) is 0 Å². The van der Waals surface area contributed by atoms with Crippen molar-refractivity contribution in [2.75, 3.05) is 19.0 Å². The van der Waals surface area contributed by atoms with E-state index in [2.05, 4.69) is 10.6 Å². The summed E-state index contributed by atoms with van der Waals surface area (Å²) >= 11 is 5.56. The van der Waals surface area contributed by atoms with Crippen LogP contribution in [0.3, 0.4) is 0 Å². The quantitative estimate of drug-likeness (QED) is 0.737. The molecule has 0 heterocycles. The van der Waals surface area contributed by atoms with E-state index in [1.165, 1.54) is 12.1 Å². The van der Waals surface area contributed by atoms with E-state index in [4.69, 9.17) is 16.3 Å². The van der Waals surface area contributed by atoms with Crippen LogP contribution in [-0.4, -0.2) is 19.6 Å². The number of halogens is 4. The number of carbonyl (C=O) groups is 1. The van der Waals surface area contributed by atoms with Crippen LogP contribution in [0.4, 0.5) is 18.9 Å². The van der Waals surface area contributed by atoms with Gasteiger partial charge in [-0.2, -0.15) is 13.2 Å². The van der Waals surface area contributed by atoms with E-state index in [0.717, 1.165) is 17.4 Å². The van der Waals surface area contributed by atoms with Gasteiger partial charge in [0.2, 0.25) is 5.91 Å². The number of rotatable bonds is 7. The second kappa shape index (κ2) is 8.80. The molecule has 0 aromatic heterocycles. The number of amides is 1. The molecular weight excluding hydrogens is 369 g/mol. The summed E-state index contributed by atoms with van der Waals surface area (Å²) in [7, 11) is 1.57.